The molecule has 0 saturated heterocycles. The second-order valence-corrected chi connectivity index (χ2v) is 2.35. The summed E-state index contributed by atoms with van der Waals surface area (Å²) in [6.07, 6.45) is -4.15. The first-order valence-corrected chi connectivity index (χ1v) is 3.46. The number of nitrogens with two attached hydrogens (primary N) is 1. The van der Waals surface area contributed by atoms with E-state index in [1.807, 2.05) is 0 Å². The number of ether oxygens (including phenoxy) is 1. The molecule has 0 atom stereocenters. The molecule has 9 heteroatoms. The van der Waals surface area contributed by atoms with Crippen LogP contribution in [0, 0.1) is 10.1 Å². The van der Waals surface area contributed by atoms with Crippen molar-refractivity contribution in [2.24, 2.45) is 0 Å². The van der Waals surface area contributed by atoms with Crippen molar-refractivity contribution in [2.45, 2.75) is 6.36 Å². The number of nitrogens with zero attached hydrogens (tertiary/aromatic N) is 2. The highest BCUT2D eigenvalue weighted by molar-refractivity contribution is 5.62. The molecule has 0 spiro atoms. The van der Waals surface area contributed by atoms with Crippen molar-refractivity contribution in [3.63, 3.8) is 0 Å². The van der Waals surface area contributed by atoms with E-state index in [9.17, 15) is 23.3 Å². The zero-order chi connectivity index (χ0) is 11.6. The molecule has 0 bridgehead atoms. The Kier molecular flexibility index (Phi) is 2.64. The first kappa shape index (κ1) is 11.0. The highest BCUT2D eigenvalue weighted by Crippen LogP contribution is 2.32. The minimum atomic E-state index is -4.96. The summed E-state index contributed by atoms with van der Waals surface area (Å²) in [4.78, 5) is 12.5. The minimum Gasteiger partial charge on any atom is -0.403 e. The van der Waals surface area contributed by atoms with Gasteiger partial charge >= 0.3 is 12.2 Å². The molecule has 2 N–H and O–H groups in total. The lowest BCUT2D eigenvalue weighted by atomic mass is 10.3. The van der Waals surface area contributed by atoms with Crippen LogP contribution in [0.25, 0.3) is 0 Å². The molecule has 15 heavy (non-hydrogen) atoms. The molecule has 0 aromatic carbocycles. The molecular weight excluding hydrogens is 219 g/mol. The fraction of sp³-hybridized carbons (Fsp3) is 0.167. The molecule has 0 aliphatic rings. The van der Waals surface area contributed by atoms with E-state index in [0.29, 0.717) is 0 Å². The number of aromatic nitrogens is 1. The van der Waals surface area contributed by atoms with Crippen LogP contribution in [-0.2, 0) is 0 Å². The van der Waals surface area contributed by atoms with Crippen LogP contribution in [0.15, 0.2) is 12.3 Å². The Morgan fingerprint density at radius 3 is 2.60 bits per heavy atom. The predicted octanol–water partition coefficient (Wildman–Crippen LogP) is 1.47. The molecule has 0 aliphatic carbocycles. The maximum absolute atomic E-state index is 11.8. The zero-order valence-corrected chi connectivity index (χ0v) is 6.99. The van der Waals surface area contributed by atoms with E-state index in [0.717, 1.165) is 12.3 Å². The standard InChI is InChI=1S/C6H4F3N3O3/c7-6(8,9)15-3-1-2-11-5(4(3)10)12(13)14/h1-2H,10H2. The van der Waals surface area contributed by atoms with Gasteiger partial charge in [0, 0.05) is 6.07 Å². The molecule has 0 amide bonds. The Bertz CT molecular complexity index is 393. The first-order chi connectivity index (χ1) is 6.81. The van der Waals surface area contributed by atoms with Crippen LogP contribution in [0.3, 0.4) is 0 Å². The van der Waals surface area contributed by atoms with Gasteiger partial charge in [-0.25, -0.2) is 0 Å². The Hall–Kier alpha value is -2.06. The summed E-state index contributed by atoms with van der Waals surface area (Å²) < 4.78 is 38.8. The normalized spacial score (nSPS) is 11.1. The average molecular weight is 223 g/mol. The van der Waals surface area contributed by atoms with E-state index < -0.39 is 28.5 Å². The smallest absolute Gasteiger partial charge is 0.403 e. The van der Waals surface area contributed by atoms with Gasteiger partial charge in [-0.1, -0.05) is 0 Å². The second-order valence-electron chi connectivity index (χ2n) is 2.35. The van der Waals surface area contributed by atoms with E-state index in [1.165, 1.54) is 0 Å². The summed E-state index contributed by atoms with van der Waals surface area (Å²) in [6.45, 7) is 0. The van der Waals surface area contributed by atoms with Gasteiger partial charge in [-0.15, -0.1) is 13.2 Å². The number of rotatable bonds is 2. The largest absolute Gasteiger partial charge is 0.573 e. The van der Waals surface area contributed by atoms with Crippen LogP contribution >= 0.6 is 0 Å². The van der Waals surface area contributed by atoms with Crippen molar-refractivity contribution in [1.29, 1.82) is 0 Å². The number of halogens is 3. The number of alkyl halides is 3. The second kappa shape index (κ2) is 3.59. The van der Waals surface area contributed by atoms with Crippen molar-refractivity contribution in [3.05, 3.63) is 22.4 Å². The fourth-order valence-electron chi connectivity index (χ4n) is 0.804. The number of hydrogen-bond donors (Lipinski definition) is 1. The molecule has 6 nitrogen and oxygen atoms in total. The third kappa shape index (κ3) is 2.69. The van der Waals surface area contributed by atoms with E-state index >= 15 is 0 Å². The highest BCUT2D eigenvalue weighted by atomic mass is 19.4. The molecule has 0 aliphatic heterocycles. The molecule has 0 saturated carbocycles. The van der Waals surface area contributed by atoms with E-state index in [4.69, 9.17) is 5.73 Å². The van der Waals surface area contributed by atoms with Crippen LogP contribution in [0.5, 0.6) is 5.75 Å². The lowest BCUT2D eigenvalue weighted by Gasteiger charge is -2.09. The quantitative estimate of drug-likeness (QED) is 0.605. The highest BCUT2D eigenvalue weighted by Gasteiger charge is 2.33. The van der Waals surface area contributed by atoms with Crippen LogP contribution in [0.4, 0.5) is 24.7 Å². The Balaban J connectivity index is 3.10. The Morgan fingerprint density at radius 1 is 1.53 bits per heavy atom. The average Bonchev–Trinajstić information content (AvgIpc) is 2.05. The summed E-state index contributed by atoms with van der Waals surface area (Å²) in [6, 6.07) is 0.788. The Morgan fingerprint density at radius 2 is 2.13 bits per heavy atom. The third-order valence-electron chi connectivity index (χ3n) is 1.33. The number of nitro groups is 1. The van der Waals surface area contributed by atoms with Gasteiger partial charge in [-0.3, -0.25) is 0 Å². The molecule has 1 heterocycles. The maximum atomic E-state index is 11.8. The van der Waals surface area contributed by atoms with Crippen molar-refractivity contribution in [2.75, 3.05) is 5.73 Å². The van der Waals surface area contributed by atoms with E-state index in [-0.39, 0.29) is 0 Å². The SMILES string of the molecule is Nc1c(OC(F)(F)F)ccnc1[N+](=O)[O-]. The van der Waals surface area contributed by atoms with E-state index in [1.54, 1.807) is 0 Å². The summed E-state index contributed by atoms with van der Waals surface area (Å²) >= 11 is 0. The maximum Gasteiger partial charge on any atom is 0.573 e. The number of pyridine rings is 1. The molecule has 1 rings (SSSR count). The van der Waals surface area contributed by atoms with Gasteiger partial charge in [0.25, 0.3) is 0 Å². The number of hydrogen-bond acceptors (Lipinski definition) is 5. The van der Waals surface area contributed by atoms with Gasteiger partial charge in [0.15, 0.2) is 11.4 Å². The zero-order valence-electron chi connectivity index (χ0n) is 6.99. The molecular formula is C6H4F3N3O3. The Labute approximate surface area is 80.6 Å². The number of anilines is 1. The van der Waals surface area contributed by atoms with Crippen molar-refractivity contribution in [3.8, 4) is 5.75 Å². The third-order valence-corrected chi connectivity index (χ3v) is 1.33. The topological polar surface area (TPSA) is 91.3 Å². The van der Waals surface area contributed by atoms with Crippen molar-refractivity contribution < 1.29 is 22.8 Å². The minimum absolute atomic E-state index is 0.764. The fourth-order valence-corrected chi connectivity index (χ4v) is 0.804. The van der Waals surface area contributed by atoms with Crippen LogP contribution in [0.2, 0.25) is 0 Å². The summed E-state index contributed by atoms with van der Waals surface area (Å²) in [5.41, 5.74) is 4.30. The van der Waals surface area contributed by atoms with Gasteiger partial charge in [0.1, 0.15) is 6.20 Å². The van der Waals surface area contributed by atoms with Crippen LogP contribution in [0.1, 0.15) is 0 Å². The van der Waals surface area contributed by atoms with Crippen LogP contribution < -0.4 is 10.5 Å². The predicted molar refractivity (Wildman–Crippen MR) is 42.0 cm³/mol. The molecule has 0 unspecified atom stereocenters. The van der Waals surface area contributed by atoms with E-state index in [2.05, 4.69) is 9.72 Å². The van der Waals surface area contributed by atoms with Gasteiger partial charge in [0.05, 0.1) is 0 Å². The summed E-state index contributed by atoms with van der Waals surface area (Å²) in [5.74, 6) is -1.72. The lowest BCUT2D eigenvalue weighted by molar-refractivity contribution is -0.388. The van der Waals surface area contributed by atoms with Gasteiger partial charge in [-0.05, 0) is 9.91 Å². The molecule has 1 aromatic heterocycles. The van der Waals surface area contributed by atoms with Gasteiger partial charge in [-0.2, -0.15) is 0 Å². The first-order valence-electron chi connectivity index (χ1n) is 3.46. The molecule has 0 radical (unpaired) electrons. The van der Waals surface area contributed by atoms with Crippen molar-refractivity contribution in [1.82, 2.24) is 4.98 Å². The van der Waals surface area contributed by atoms with Gasteiger partial charge in [0.2, 0.25) is 0 Å². The lowest BCUT2D eigenvalue weighted by Crippen LogP contribution is -2.18. The molecule has 1 aromatic rings. The summed E-state index contributed by atoms with van der Waals surface area (Å²) in [7, 11) is 0. The molecule has 82 valence electrons. The van der Waals surface area contributed by atoms with Crippen molar-refractivity contribution >= 4 is 11.5 Å². The summed E-state index contributed by atoms with van der Waals surface area (Å²) in [5, 5.41) is 10.3. The van der Waals surface area contributed by atoms with Gasteiger partial charge < -0.3 is 20.6 Å². The monoisotopic (exact) mass is 223 g/mol. The van der Waals surface area contributed by atoms with Crippen LogP contribution in [-0.4, -0.2) is 16.3 Å². The molecule has 0 fully saturated rings. The number of nitrogen functional groups attached to an aromatic ring is 1.